The number of fused-ring (bicyclic) bond motifs is 2. The predicted octanol–water partition coefficient (Wildman–Crippen LogP) is 3.69. The Kier molecular flexibility index (Phi) is 3.32. The lowest BCUT2D eigenvalue weighted by Gasteiger charge is -2.50. The molecule has 2 bridgehead atoms. The van der Waals surface area contributed by atoms with Crippen LogP contribution in [0.5, 0.6) is 5.75 Å². The standard InChI is InChI=1S/C18H27NO/c1-17(2)15-8-10-18(17,3)13-19(12-15)11-9-14-4-6-16(20)7-5-14/h4-7,15,20H,8-13H2,1-3H3/t15?,18-/m1/s1. The number of nitrogens with zero attached hydrogens (tertiary/aromatic N) is 1. The Labute approximate surface area is 122 Å². The van der Waals surface area contributed by atoms with E-state index in [4.69, 9.17) is 0 Å². The molecule has 20 heavy (non-hydrogen) atoms. The molecule has 2 aliphatic rings. The van der Waals surface area contributed by atoms with Crippen molar-refractivity contribution in [1.82, 2.24) is 4.90 Å². The normalized spacial score (nSPS) is 32.5. The summed E-state index contributed by atoms with van der Waals surface area (Å²) >= 11 is 0. The van der Waals surface area contributed by atoms with Crippen LogP contribution < -0.4 is 0 Å². The van der Waals surface area contributed by atoms with Gasteiger partial charge in [-0.15, -0.1) is 0 Å². The highest BCUT2D eigenvalue weighted by atomic mass is 16.3. The van der Waals surface area contributed by atoms with Crippen LogP contribution in [0.2, 0.25) is 0 Å². The topological polar surface area (TPSA) is 23.5 Å². The number of hydrogen-bond acceptors (Lipinski definition) is 2. The molecule has 1 heterocycles. The Bertz CT molecular complexity index is 479. The molecule has 1 N–H and O–H groups in total. The van der Waals surface area contributed by atoms with Crippen molar-refractivity contribution in [3.8, 4) is 5.75 Å². The van der Waals surface area contributed by atoms with Crippen LogP contribution in [0, 0.1) is 16.7 Å². The number of benzene rings is 1. The molecular weight excluding hydrogens is 246 g/mol. The summed E-state index contributed by atoms with van der Waals surface area (Å²) in [6.45, 7) is 11.1. The van der Waals surface area contributed by atoms with E-state index < -0.39 is 0 Å². The van der Waals surface area contributed by atoms with Crippen molar-refractivity contribution in [1.29, 1.82) is 0 Å². The molecule has 110 valence electrons. The second-order valence-corrected chi connectivity index (χ2v) is 7.67. The third-order valence-corrected chi connectivity index (χ3v) is 6.32. The summed E-state index contributed by atoms with van der Waals surface area (Å²) in [4.78, 5) is 2.66. The van der Waals surface area contributed by atoms with Gasteiger partial charge in [0.05, 0.1) is 0 Å². The highest BCUT2D eigenvalue weighted by molar-refractivity contribution is 5.26. The number of likely N-dealkylation sites (tertiary alicyclic amines) is 1. The van der Waals surface area contributed by atoms with Crippen LogP contribution in [-0.4, -0.2) is 29.6 Å². The van der Waals surface area contributed by atoms with Gasteiger partial charge in [-0.3, -0.25) is 0 Å². The molecule has 1 saturated carbocycles. The van der Waals surface area contributed by atoms with Crippen LogP contribution in [0.1, 0.15) is 39.2 Å². The molecule has 3 rings (SSSR count). The molecule has 0 spiro atoms. The lowest BCUT2D eigenvalue weighted by Crippen LogP contribution is -2.52. The number of piperidine rings is 1. The van der Waals surface area contributed by atoms with E-state index in [0.717, 1.165) is 18.9 Å². The second-order valence-electron chi connectivity index (χ2n) is 7.67. The average Bonchev–Trinajstić information content (AvgIpc) is 2.55. The number of aromatic hydroxyl groups is 1. The third-order valence-electron chi connectivity index (χ3n) is 6.32. The van der Waals surface area contributed by atoms with Gasteiger partial charge in [0.15, 0.2) is 0 Å². The lowest BCUT2D eigenvalue weighted by atomic mass is 9.63. The van der Waals surface area contributed by atoms with Crippen molar-refractivity contribution < 1.29 is 5.11 Å². The summed E-state index contributed by atoms with van der Waals surface area (Å²) in [6.07, 6.45) is 3.88. The average molecular weight is 273 g/mol. The quantitative estimate of drug-likeness (QED) is 0.908. The molecule has 2 fully saturated rings. The predicted molar refractivity (Wildman–Crippen MR) is 82.9 cm³/mol. The fraction of sp³-hybridized carbons (Fsp3) is 0.667. The summed E-state index contributed by atoms with van der Waals surface area (Å²) in [7, 11) is 0. The molecule has 2 atom stereocenters. The summed E-state index contributed by atoms with van der Waals surface area (Å²) in [5, 5.41) is 9.33. The number of phenols is 1. The maximum absolute atomic E-state index is 9.33. The highest BCUT2D eigenvalue weighted by Gasteiger charge is 2.55. The van der Waals surface area contributed by atoms with Crippen molar-refractivity contribution in [3.05, 3.63) is 29.8 Å². The summed E-state index contributed by atoms with van der Waals surface area (Å²) in [5.41, 5.74) is 2.32. The molecule has 1 aliphatic heterocycles. The molecule has 1 aromatic rings. The van der Waals surface area contributed by atoms with E-state index in [9.17, 15) is 5.11 Å². The Balaban J connectivity index is 1.62. The van der Waals surface area contributed by atoms with E-state index >= 15 is 0 Å². The molecule has 1 aromatic carbocycles. The Morgan fingerprint density at radius 1 is 1.20 bits per heavy atom. The van der Waals surface area contributed by atoms with Crippen LogP contribution in [-0.2, 0) is 6.42 Å². The van der Waals surface area contributed by atoms with Gasteiger partial charge in [-0.25, -0.2) is 0 Å². The SMILES string of the molecule is CC1(C)C2CC[C@]1(C)CN(CCc1ccc(O)cc1)C2. The number of phenolic OH excluding ortho intramolecular Hbond substituents is 1. The molecular formula is C18H27NO. The van der Waals surface area contributed by atoms with Crippen molar-refractivity contribution in [3.63, 3.8) is 0 Å². The first-order chi connectivity index (χ1) is 9.41. The first-order valence-corrected chi connectivity index (χ1v) is 7.91. The minimum absolute atomic E-state index is 0.360. The molecule has 0 aromatic heterocycles. The fourth-order valence-electron chi connectivity index (χ4n) is 4.26. The van der Waals surface area contributed by atoms with E-state index in [1.165, 1.54) is 31.5 Å². The first-order valence-electron chi connectivity index (χ1n) is 7.91. The minimum atomic E-state index is 0.360. The van der Waals surface area contributed by atoms with Crippen LogP contribution in [0.3, 0.4) is 0 Å². The van der Waals surface area contributed by atoms with E-state index in [2.05, 4.69) is 25.7 Å². The maximum Gasteiger partial charge on any atom is 0.115 e. The van der Waals surface area contributed by atoms with E-state index in [-0.39, 0.29) is 0 Å². The van der Waals surface area contributed by atoms with Gasteiger partial charge in [-0.2, -0.15) is 0 Å². The van der Waals surface area contributed by atoms with E-state index in [1.807, 2.05) is 12.1 Å². The zero-order valence-electron chi connectivity index (χ0n) is 13.0. The summed E-state index contributed by atoms with van der Waals surface area (Å²) < 4.78 is 0. The summed E-state index contributed by atoms with van der Waals surface area (Å²) in [5.74, 6) is 1.22. The van der Waals surface area contributed by atoms with Gasteiger partial charge in [0.1, 0.15) is 5.75 Å². The van der Waals surface area contributed by atoms with Crippen molar-refractivity contribution in [2.75, 3.05) is 19.6 Å². The van der Waals surface area contributed by atoms with Gasteiger partial charge in [-0.05, 0) is 53.7 Å². The number of hydrogen-bond donors (Lipinski definition) is 1. The second kappa shape index (κ2) is 4.77. The molecule has 2 heteroatoms. The van der Waals surface area contributed by atoms with E-state index in [0.29, 0.717) is 16.6 Å². The van der Waals surface area contributed by atoms with Crippen molar-refractivity contribution in [2.24, 2.45) is 16.7 Å². The zero-order chi connectivity index (χ0) is 14.4. The van der Waals surface area contributed by atoms with Gasteiger partial charge in [-0.1, -0.05) is 32.9 Å². The minimum Gasteiger partial charge on any atom is -0.508 e. The zero-order valence-corrected chi connectivity index (χ0v) is 13.0. The van der Waals surface area contributed by atoms with Crippen LogP contribution >= 0.6 is 0 Å². The third kappa shape index (κ3) is 2.24. The monoisotopic (exact) mass is 273 g/mol. The van der Waals surface area contributed by atoms with Crippen molar-refractivity contribution >= 4 is 0 Å². The Morgan fingerprint density at radius 3 is 2.55 bits per heavy atom. The fourth-order valence-corrected chi connectivity index (χ4v) is 4.26. The van der Waals surface area contributed by atoms with Crippen LogP contribution in [0.15, 0.2) is 24.3 Å². The van der Waals surface area contributed by atoms with Crippen molar-refractivity contribution in [2.45, 2.75) is 40.0 Å². The van der Waals surface area contributed by atoms with Gasteiger partial charge in [0, 0.05) is 19.6 Å². The molecule has 0 radical (unpaired) electrons. The van der Waals surface area contributed by atoms with Crippen LogP contribution in [0.25, 0.3) is 0 Å². The molecule has 2 nitrogen and oxygen atoms in total. The highest BCUT2D eigenvalue weighted by Crippen LogP contribution is 2.58. The number of rotatable bonds is 3. The van der Waals surface area contributed by atoms with E-state index in [1.54, 1.807) is 12.1 Å². The van der Waals surface area contributed by atoms with Gasteiger partial charge in [0.2, 0.25) is 0 Å². The molecule has 1 unspecified atom stereocenters. The van der Waals surface area contributed by atoms with Crippen LogP contribution in [0.4, 0.5) is 0 Å². The summed E-state index contributed by atoms with van der Waals surface area (Å²) in [6, 6.07) is 7.67. The van der Waals surface area contributed by atoms with Gasteiger partial charge in [0.25, 0.3) is 0 Å². The van der Waals surface area contributed by atoms with Gasteiger partial charge >= 0.3 is 0 Å². The smallest absolute Gasteiger partial charge is 0.115 e. The lowest BCUT2D eigenvalue weighted by molar-refractivity contribution is -0.0169. The Morgan fingerprint density at radius 2 is 1.90 bits per heavy atom. The largest absolute Gasteiger partial charge is 0.508 e. The maximum atomic E-state index is 9.33. The first kappa shape index (κ1) is 13.9. The Hall–Kier alpha value is -1.02. The molecule has 1 saturated heterocycles. The van der Waals surface area contributed by atoms with Gasteiger partial charge < -0.3 is 10.0 Å². The molecule has 1 aliphatic carbocycles. The molecule has 0 amide bonds.